The molecule has 0 aromatic heterocycles. The number of carbonyl (C=O) groups is 1. The van der Waals surface area contributed by atoms with Gasteiger partial charge in [0.15, 0.2) is 0 Å². The van der Waals surface area contributed by atoms with E-state index in [1.165, 1.54) is 0 Å². The maximum Gasteiger partial charge on any atom is 1.00 e. The van der Waals surface area contributed by atoms with Crippen LogP contribution >= 0.6 is 0 Å². The fourth-order valence-corrected chi connectivity index (χ4v) is 2.36. The second kappa shape index (κ2) is 6.74. The molecule has 0 aromatic rings. The van der Waals surface area contributed by atoms with Gasteiger partial charge >= 0.3 is 77.8 Å². The zero-order chi connectivity index (χ0) is 8.20. The van der Waals surface area contributed by atoms with Gasteiger partial charge in [-0.25, -0.2) is 0 Å². The SMILES string of the molecule is CC(=O)[O-].O=S1(=O)[O][Pb][O]1.[Na+]. The Morgan fingerprint density at radius 3 is 1.64 bits per heavy atom. The minimum Gasteiger partial charge on any atom is 1.00 e. The Morgan fingerprint density at radius 1 is 1.45 bits per heavy atom. The average molecular weight is 385 g/mol. The van der Waals surface area contributed by atoms with Crippen molar-refractivity contribution < 1.29 is 52.1 Å². The van der Waals surface area contributed by atoms with Crippen LogP contribution in [-0.2, 0) is 19.5 Å². The molecule has 0 aliphatic carbocycles. The zero-order valence-corrected chi connectivity index (χ0v) is 12.6. The maximum absolute atomic E-state index is 9.69. The largest absolute Gasteiger partial charge is 1.00 e. The van der Waals surface area contributed by atoms with E-state index in [-0.39, 0.29) is 29.6 Å². The van der Waals surface area contributed by atoms with Crippen molar-refractivity contribution in [2.75, 3.05) is 0 Å². The number of carboxylic acid groups (broad SMARTS) is 1. The topological polar surface area (TPSA) is 92.7 Å². The first-order chi connectivity index (χ1) is 4.44. The molecule has 0 unspecified atom stereocenters. The van der Waals surface area contributed by atoms with E-state index in [2.05, 4.69) is 4.27 Å². The summed E-state index contributed by atoms with van der Waals surface area (Å²) in [5.41, 5.74) is 0. The molecule has 1 aliphatic rings. The molecule has 0 N–H and O–H groups in total. The molecule has 0 atom stereocenters. The smallest absolute Gasteiger partial charge is 1.00 e. The molecular formula is C2H3NaO6PbS. The molecule has 0 spiro atoms. The van der Waals surface area contributed by atoms with Gasteiger partial charge in [0.05, 0.1) is 0 Å². The predicted molar refractivity (Wildman–Crippen MR) is 27.5 cm³/mol. The number of aliphatic carboxylic acids is 1. The van der Waals surface area contributed by atoms with Crippen molar-refractivity contribution >= 4 is 41.5 Å². The standard InChI is InChI=1S/C2H4O2.Na.H2O4S.Pb/c1-2(3)4;;1-5(2,3)4;/h1H3,(H,3,4);;(H2,1,2,3,4);/q;+1;;+2/p-3. The molecule has 1 fully saturated rings. The van der Waals surface area contributed by atoms with Gasteiger partial charge in [-0.3, -0.25) is 0 Å². The van der Waals surface area contributed by atoms with Crippen molar-refractivity contribution in [1.82, 2.24) is 0 Å². The van der Waals surface area contributed by atoms with E-state index < -0.39 is 41.5 Å². The Hall–Kier alpha value is 1.26. The Morgan fingerprint density at radius 2 is 1.64 bits per heavy atom. The first kappa shape index (κ1) is 14.8. The molecule has 2 radical (unpaired) electrons. The molecule has 9 heteroatoms. The molecule has 58 valence electrons. The molecule has 1 saturated heterocycles. The van der Waals surface area contributed by atoms with E-state index in [9.17, 15) is 8.42 Å². The van der Waals surface area contributed by atoms with Crippen LogP contribution in [0.4, 0.5) is 0 Å². The summed E-state index contributed by atoms with van der Waals surface area (Å²) in [6, 6.07) is 0. The molecular weight excluding hydrogens is 382 g/mol. The summed E-state index contributed by atoms with van der Waals surface area (Å²) in [5.74, 6) is -1.08. The number of carboxylic acids is 1. The summed E-state index contributed by atoms with van der Waals surface area (Å²) in [6.45, 7) is 0.972. The van der Waals surface area contributed by atoms with Gasteiger partial charge in [-0.1, -0.05) is 0 Å². The molecule has 0 bridgehead atoms. The number of hydrogen-bond donors (Lipinski definition) is 0. The van der Waals surface area contributed by atoms with Gasteiger partial charge in [-0.05, 0) is 6.92 Å². The van der Waals surface area contributed by atoms with Crippen molar-refractivity contribution in [2.24, 2.45) is 0 Å². The second-order valence-electron chi connectivity index (χ2n) is 1.15. The number of rotatable bonds is 0. The van der Waals surface area contributed by atoms with Crippen molar-refractivity contribution in [3.8, 4) is 0 Å². The third-order valence-electron chi connectivity index (χ3n) is 0.272. The first-order valence-electron chi connectivity index (χ1n) is 1.98. The predicted octanol–water partition coefficient (Wildman–Crippen LogP) is -5.43. The average Bonchev–Trinajstić information content (AvgIpc) is 1.60. The van der Waals surface area contributed by atoms with Crippen LogP contribution in [0.5, 0.6) is 0 Å². The molecule has 1 aliphatic heterocycles. The fourth-order valence-electron chi connectivity index (χ4n) is 0.0896. The van der Waals surface area contributed by atoms with Gasteiger partial charge in [0.2, 0.25) is 0 Å². The fraction of sp³-hybridized carbons (Fsp3) is 0.500. The van der Waals surface area contributed by atoms with Crippen LogP contribution in [-0.4, -0.2) is 39.5 Å². The maximum atomic E-state index is 9.69. The number of hydrogen-bond acceptors (Lipinski definition) is 6. The molecule has 1 rings (SSSR count). The van der Waals surface area contributed by atoms with Crippen LogP contribution in [0.25, 0.3) is 0 Å². The first-order valence-corrected chi connectivity index (χ1v) is 6.49. The van der Waals surface area contributed by atoms with Crippen molar-refractivity contribution in [3.05, 3.63) is 0 Å². The quantitative estimate of drug-likeness (QED) is 0.387. The van der Waals surface area contributed by atoms with Gasteiger partial charge in [0.25, 0.3) is 0 Å². The van der Waals surface area contributed by atoms with Gasteiger partial charge < -0.3 is 9.90 Å². The van der Waals surface area contributed by atoms with Crippen LogP contribution in [0.15, 0.2) is 0 Å². The van der Waals surface area contributed by atoms with E-state index in [1.807, 2.05) is 0 Å². The monoisotopic (exact) mass is 386 g/mol. The minimum atomic E-state index is -3.40. The van der Waals surface area contributed by atoms with Crippen LogP contribution in [0.3, 0.4) is 0 Å². The summed E-state index contributed by atoms with van der Waals surface area (Å²) in [6.07, 6.45) is 0. The summed E-state index contributed by atoms with van der Waals surface area (Å²) in [5, 5.41) is 8.89. The van der Waals surface area contributed by atoms with Crippen LogP contribution in [0.1, 0.15) is 6.92 Å². The summed E-state index contributed by atoms with van der Waals surface area (Å²) in [7, 11) is -3.40. The van der Waals surface area contributed by atoms with Crippen molar-refractivity contribution in [2.45, 2.75) is 6.92 Å². The summed E-state index contributed by atoms with van der Waals surface area (Å²) in [4.78, 5) is 8.89. The van der Waals surface area contributed by atoms with E-state index in [4.69, 9.17) is 9.90 Å². The van der Waals surface area contributed by atoms with E-state index in [1.54, 1.807) is 0 Å². The van der Waals surface area contributed by atoms with Gasteiger partial charge in [-0.2, -0.15) is 0 Å². The summed E-state index contributed by atoms with van der Waals surface area (Å²) >= 11 is -1.47. The Bertz CT molecular complexity index is 197. The number of carbonyl (C=O) groups excluding carboxylic acids is 1. The Balaban J connectivity index is 0. The molecule has 0 saturated carbocycles. The van der Waals surface area contributed by atoms with E-state index in [0.717, 1.165) is 6.92 Å². The zero-order valence-electron chi connectivity index (χ0n) is 5.86. The van der Waals surface area contributed by atoms with Gasteiger partial charge in [-0.15, -0.1) is 0 Å². The Kier molecular flexibility index (Phi) is 9.05. The third kappa shape index (κ3) is 11.3. The third-order valence-corrected chi connectivity index (χ3v) is 7.16. The van der Waals surface area contributed by atoms with Crippen LogP contribution in [0, 0.1) is 0 Å². The molecule has 11 heavy (non-hydrogen) atoms. The molecule has 0 amide bonds. The van der Waals surface area contributed by atoms with Crippen LogP contribution < -0.4 is 34.7 Å². The van der Waals surface area contributed by atoms with E-state index in [0.29, 0.717) is 0 Å². The molecule has 0 aromatic carbocycles. The Labute approximate surface area is 99.4 Å². The molecule has 1 heterocycles. The van der Waals surface area contributed by atoms with Crippen molar-refractivity contribution in [3.63, 3.8) is 0 Å². The van der Waals surface area contributed by atoms with Gasteiger partial charge in [0, 0.05) is 5.97 Å². The normalized spacial score (nSPS) is 17.9. The summed E-state index contributed by atoms with van der Waals surface area (Å²) < 4.78 is 27.5. The molecule has 6 nitrogen and oxygen atoms in total. The second-order valence-corrected chi connectivity index (χ2v) is 6.84. The minimum absolute atomic E-state index is 0. The van der Waals surface area contributed by atoms with Crippen molar-refractivity contribution in [1.29, 1.82) is 0 Å². The van der Waals surface area contributed by atoms with Gasteiger partial charge in [0.1, 0.15) is 0 Å². The van der Waals surface area contributed by atoms with Crippen LogP contribution in [0.2, 0.25) is 0 Å². The van der Waals surface area contributed by atoms with E-state index >= 15 is 0 Å².